The molecule has 0 bridgehead atoms. The van der Waals surface area contributed by atoms with Crippen LogP contribution in [-0.4, -0.2) is 66.9 Å². The van der Waals surface area contributed by atoms with Gasteiger partial charge in [-0.25, -0.2) is 13.4 Å². The Morgan fingerprint density at radius 2 is 1.93 bits per heavy atom. The fourth-order valence-corrected chi connectivity index (χ4v) is 7.50. The number of rotatable bonds is 5. The minimum atomic E-state index is -3.65. The lowest BCUT2D eigenvalue weighted by Gasteiger charge is -2.32. The first-order valence-electron chi connectivity index (χ1n) is 13.4. The van der Waals surface area contributed by atoms with Crippen LogP contribution in [0.2, 0.25) is 0 Å². The summed E-state index contributed by atoms with van der Waals surface area (Å²) in [6, 6.07) is 6.17. The van der Waals surface area contributed by atoms with Gasteiger partial charge in [-0.2, -0.15) is 14.4 Å². The second-order valence-electron chi connectivity index (χ2n) is 10.9. The number of aromatic nitrogens is 5. The van der Waals surface area contributed by atoms with E-state index in [0.717, 1.165) is 17.3 Å². The van der Waals surface area contributed by atoms with Gasteiger partial charge in [-0.1, -0.05) is 5.92 Å². The Kier molecular flexibility index (Phi) is 6.40. The average molecular weight is 562 g/mol. The van der Waals surface area contributed by atoms with Gasteiger partial charge in [-0.3, -0.25) is 14.0 Å². The maximum Gasteiger partial charge on any atom is 0.268 e. The van der Waals surface area contributed by atoms with Gasteiger partial charge >= 0.3 is 0 Å². The lowest BCUT2D eigenvalue weighted by atomic mass is 9.99. The largest absolute Gasteiger partial charge is 0.388 e. The third-order valence-electron chi connectivity index (χ3n) is 8.26. The van der Waals surface area contributed by atoms with Crippen molar-refractivity contribution in [3.05, 3.63) is 52.6 Å². The van der Waals surface area contributed by atoms with Crippen molar-refractivity contribution in [1.29, 1.82) is 0 Å². The molecule has 0 unspecified atom stereocenters. The molecule has 12 heteroatoms. The van der Waals surface area contributed by atoms with E-state index in [0.29, 0.717) is 55.8 Å². The molecule has 2 aliphatic rings. The molecule has 4 heterocycles. The SMILES string of the molecule is C#Cc1cc2cnc(NC3CCN(S(=O)(=O)c4ccc5c(cnn5C)c4)CC3)nc2n([C@@H]2CCC[C@@]2(C)O)c1=O. The average Bonchev–Trinajstić information content (AvgIpc) is 3.49. The van der Waals surface area contributed by atoms with Crippen LogP contribution >= 0.6 is 0 Å². The third kappa shape index (κ3) is 4.44. The van der Waals surface area contributed by atoms with E-state index < -0.39 is 21.7 Å². The Hall–Kier alpha value is -3.79. The lowest BCUT2D eigenvalue weighted by Crippen LogP contribution is -2.42. The highest BCUT2D eigenvalue weighted by molar-refractivity contribution is 7.89. The van der Waals surface area contributed by atoms with Crippen molar-refractivity contribution in [2.75, 3.05) is 18.4 Å². The van der Waals surface area contributed by atoms with Crippen molar-refractivity contribution in [3.8, 4) is 12.3 Å². The Balaban J connectivity index is 1.22. The van der Waals surface area contributed by atoms with E-state index in [1.807, 2.05) is 7.05 Å². The van der Waals surface area contributed by atoms with Gasteiger partial charge in [0.15, 0.2) is 0 Å². The molecule has 1 saturated heterocycles. The van der Waals surface area contributed by atoms with E-state index in [9.17, 15) is 18.3 Å². The number of nitrogens with one attached hydrogen (secondary N) is 1. The second kappa shape index (κ2) is 9.69. The molecule has 1 aliphatic carbocycles. The maximum atomic E-state index is 13.3. The van der Waals surface area contributed by atoms with Gasteiger partial charge in [-0.05, 0) is 63.3 Å². The van der Waals surface area contributed by atoms with Crippen LogP contribution in [0.25, 0.3) is 21.9 Å². The van der Waals surface area contributed by atoms with Crippen molar-refractivity contribution < 1.29 is 13.5 Å². The van der Waals surface area contributed by atoms with Gasteiger partial charge in [0, 0.05) is 43.1 Å². The van der Waals surface area contributed by atoms with Gasteiger partial charge < -0.3 is 10.4 Å². The Bertz CT molecular complexity index is 1830. The van der Waals surface area contributed by atoms with Crippen molar-refractivity contribution in [3.63, 3.8) is 0 Å². The molecule has 1 saturated carbocycles. The van der Waals surface area contributed by atoms with Crippen molar-refractivity contribution >= 4 is 37.9 Å². The Morgan fingerprint density at radius 1 is 1.15 bits per heavy atom. The summed E-state index contributed by atoms with van der Waals surface area (Å²) in [7, 11) is -1.83. The summed E-state index contributed by atoms with van der Waals surface area (Å²) >= 11 is 0. The van der Waals surface area contributed by atoms with E-state index in [-0.39, 0.29) is 22.1 Å². The Labute approximate surface area is 231 Å². The van der Waals surface area contributed by atoms with Crippen molar-refractivity contribution in [1.82, 2.24) is 28.6 Å². The first-order chi connectivity index (χ1) is 19.1. The van der Waals surface area contributed by atoms with E-state index in [2.05, 4.69) is 26.3 Å². The van der Waals surface area contributed by atoms with Crippen LogP contribution in [0.5, 0.6) is 0 Å². The molecular weight excluding hydrogens is 530 g/mol. The summed E-state index contributed by atoms with van der Waals surface area (Å²) in [5, 5.41) is 19.9. The molecule has 2 atom stereocenters. The number of hydrogen-bond donors (Lipinski definition) is 2. The molecule has 0 amide bonds. The molecule has 4 aromatic rings. The quantitative estimate of drug-likeness (QED) is 0.355. The van der Waals surface area contributed by atoms with Gasteiger partial charge in [0.1, 0.15) is 5.65 Å². The predicted molar refractivity (Wildman–Crippen MR) is 151 cm³/mol. The normalized spacial score (nSPS) is 22.6. The van der Waals surface area contributed by atoms with Crippen molar-refractivity contribution in [2.45, 2.75) is 61.6 Å². The van der Waals surface area contributed by atoms with E-state index in [1.165, 1.54) is 8.87 Å². The zero-order valence-corrected chi connectivity index (χ0v) is 23.2. The van der Waals surface area contributed by atoms with Gasteiger partial charge in [0.25, 0.3) is 5.56 Å². The number of hydrogen-bond acceptors (Lipinski definition) is 8. The number of aliphatic hydroxyl groups is 1. The fourth-order valence-electron chi connectivity index (χ4n) is 5.99. The third-order valence-corrected chi connectivity index (χ3v) is 10.2. The first-order valence-corrected chi connectivity index (χ1v) is 14.8. The van der Waals surface area contributed by atoms with Crippen molar-refractivity contribution in [2.24, 2.45) is 7.05 Å². The van der Waals surface area contributed by atoms with E-state index >= 15 is 0 Å². The van der Waals surface area contributed by atoms with Crippen LogP contribution in [0.1, 0.15) is 50.6 Å². The predicted octanol–water partition coefficient (Wildman–Crippen LogP) is 2.40. The van der Waals surface area contributed by atoms with Crippen LogP contribution in [0.3, 0.4) is 0 Å². The van der Waals surface area contributed by atoms with Gasteiger partial charge in [-0.15, -0.1) is 6.42 Å². The smallest absolute Gasteiger partial charge is 0.268 e. The first kappa shape index (κ1) is 26.4. The fraction of sp³-hybridized carbons (Fsp3) is 0.429. The summed E-state index contributed by atoms with van der Waals surface area (Å²) in [4.78, 5) is 22.7. The van der Waals surface area contributed by atoms with Gasteiger partial charge in [0.2, 0.25) is 16.0 Å². The number of piperidine rings is 1. The molecule has 0 radical (unpaired) electrons. The zero-order chi connectivity index (χ0) is 28.2. The van der Waals surface area contributed by atoms with Crippen LogP contribution in [0.15, 0.2) is 46.3 Å². The minimum Gasteiger partial charge on any atom is -0.388 e. The number of aryl methyl sites for hydroxylation is 1. The number of benzene rings is 1. The number of fused-ring (bicyclic) bond motifs is 2. The van der Waals surface area contributed by atoms with Crippen LogP contribution < -0.4 is 10.9 Å². The van der Waals surface area contributed by atoms with Crippen LogP contribution in [0.4, 0.5) is 5.95 Å². The topological polar surface area (TPSA) is 135 Å². The summed E-state index contributed by atoms with van der Waals surface area (Å²) in [6.45, 7) is 2.43. The number of anilines is 1. The molecule has 40 heavy (non-hydrogen) atoms. The highest BCUT2D eigenvalue weighted by Crippen LogP contribution is 2.39. The summed E-state index contributed by atoms with van der Waals surface area (Å²) in [6.07, 6.45) is 12.0. The highest BCUT2D eigenvalue weighted by atomic mass is 32.2. The number of nitrogens with zero attached hydrogens (tertiary/aromatic N) is 6. The molecule has 2 N–H and O–H groups in total. The molecule has 6 rings (SSSR count). The lowest BCUT2D eigenvalue weighted by molar-refractivity contribution is 0.0266. The summed E-state index contributed by atoms with van der Waals surface area (Å²) in [5.74, 6) is 2.80. The highest BCUT2D eigenvalue weighted by Gasteiger charge is 2.40. The molecule has 3 aromatic heterocycles. The number of terminal acetylenes is 1. The monoisotopic (exact) mass is 561 g/mol. The zero-order valence-electron chi connectivity index (χ0n) is 22.4. The number of pyridine rings is 1. The minimum absolute atomic E-state index is 0.0514. The molecule has 2 fully saturated rings. The number of sulfonamides is 1. The Morgan fingerprint density at radius 3 is 2.62 bits per heavy atom. The van der Waals surface area contributed by atoms with Gasteiger partial charge in [0.05, 0.1) is 33.8 Å². The summed E-state index contributed by atoms with van der Waals surface area (Å²) in [5.41, 5.74) is 0.0855. The van der Waals surface area contributed by atoms with E-state index in [1.54, 1.807) is 48.3 Å². The molecule has 1 aromatic carbocycles. The molecule has 1 aliphatic heterocycles. The second-order valence-corrected chi connectivity index (χ2v) is 12.9. The molecular formula is C28H31N7O4S. The molecule has 208 valence electrons. The summed E-state index contributed by atoms with van der Waals surface area (Å²) < 4.78 is 31.4. The molecule has 0 spiro atoms. The standard InChI is InChI=1S/C28H31N7O4S/c1-4-18-14-20-16-29-27(32-25(20)35(26(18)36)24-6-5-11-28(24,2)37)31-21-9-12-34(13-10-21)40(38,39)22-7-8-23-19(15-22)17-30-33(23)3/h1,7-8,14-17,21,24,37H,5-6,9-13H2,2-3H3,(H,29,31,32)/t24-,28-/m1/s1. The maximum absolute atomic E-state index is 13.3. The van der Waals surface area contributed by atoms with Crippen LogP contribution in [0, 0.1) is 12.3 Å². The van der Waals surface area contributed by atoms with E-state index in [4.69, 9.17) is 6.42 Å². The van der Waals surface area contributed by atoms with Crippen LogP contribution in [-0.2, 0) is 17.1 Å². The molecule has 11 nitrogen and oxygen atoms in total.